The Hall–Kier alpha value is -4.46. The molecule has 210 valence electrons. The summed E-state index contributed by atoms with van der Waals surface area (Å²) < 4.78 is 11.5. The lowest BCUT2D eigenvalue weighted by atomic mass is 10.0. The van der Waals surface area contributed by atoms with Gasteiger partial charge in [-0.05, 0) is 71.2 Å². The molecule has 0 fully saturated rings. The second-order valence-corrected chi connectivity index (χ2v) is 10.2. The zero-order chi connectivity index (χ0) is 29.1. The fourth-order valence-electron chi connectivity index (χ4n) is 3.86. The Morgan fingerprint density at radius 1 is 0.675 bits per heavy atom. The summed E-state index contributed by atoms with van der Waals surface area (Å²) in [5.41, 5.74) is 10.8. The second-order valence-electron chi connectivity index (χ2n) is 10.2. The largest absolute Gasteiger partial charge is 0.483 e. The molecule has 0 atom stereocenters. The van der Waals surface area contributed by atoms with Crippen LogP contribution in [0.25, 0.3) is 0 Å². The Bertz CT molecular complexity index is 1260. The van der Waals surface area contributed by atoms with Gasteiger partial charge in [0.25, 0.3) is 11.8 Å². The molecule has 3 rings (SSSR count). The van der Waals surface area contributed by atoms with E-state index < -0.39 is 0 Å². The molecule has 8 heteroatoms. The summed E-state index contributed by atoms with van der Waals surface area (Å²) in [7, 11) is 0. The predicted octanol–water partition coefficient (Wildman–Crippen LogP) is 5.61. The van der Waals surface area contributed by atoms with Gasteiger partial charge in [0.05, 0.1) is 12.4 Å². The van der Waals surface area contributed by atoms with Gasteiger partial charge in [-0.1, -0.05) is 76.2 Å². The van der Waals surface area contributed by atoms with Gasteiger partial charge in [-0.15, -0.1) is 0 Å². The van der Waals surface area contributed by atoms with Gasteiger partial charge in [0, 0.05) is 0 Å². The number of amides is 2. The molecule has 0 radical (unpaired) electrons. The number of rotatable bonds is 12. The van der Waals surface area contributed by atoms with Crippen LogP contribution in [-0.4, -0.2) is 37.5 Å². The van der Waals surface area contributed by atoms with E-state index in [9.17, 15) is 9.59 Å². The molecule has 0 heterocycles. The molecule has 2 N–H and O–H groups in total. The van der Waals surface area contributed by atoms with E-state index in [2.05, 4.69) is 48.7 Å². The lowest BCUT2D eigenvalue weighted by Gasteiger charge is -2.14. The number of carbonyl (C=O) groups is 2. The number of benzene rings is 3. The molecule has 2 amide bonds. The van der Waals surface area contributed by atoms with E-state index >= 15 is 0 Å². The van der Waals surface area contributed by atoms with E-state index in [0.717, 1.165) is 33.4 Å². The fraction of sp³-hybridized carbons (Fsp3) is 0.312. The van der Waals surface area contributed by atoms with Crippen molar-refractivity contribution in [2.45, 2.75) is 53.4 Å². The van der Waals surface area contributed by atoms with Crippen molar-refractivity contribution in [3.05, 3.63) is 94.0 Å². The van der Waals surface area contributed by atoms with Gasteiger partial charge in [-0.25, -0.2) is 10.9 Å². The first kappa shape index (κ1) is 30.1. The standard InChI is InChI=1S/C32H38N4O4/c1-21(2)27-13-7-23(5)15-29(27)39-19-31(37)35-33-17-25-9-11-26(12-10-25)18-34-36-32(38)20-40-30-16-24(6)8-14-28(30)22(3)4/h7-18,21-22H,19-20H2,1-6H3,(H,35,37)(H,36,38). The number of nitrogens with zero attached hydrogens (tertiary/aromatic N) is 2. The van der Waals surface area contributed by atoms with E-state index in [4.69, 9.17) is 9.47 Å². The normalized spacial score (nSPS) is 11.4. The van der Waals surface area contributed by atoms with E-state index in [1.807, 2.05) is 74.5 Å². The number of aryl methyl sites for hydroxylation is 2. The minimum absolute atomic E-state index is 0.128. The van der Waals surface area contributed by atoms with Gasteiger partial charge >= 0.3 is 0 Å². The molecule has 0 aliphatic rings. The Kier molecular flexibility index (Phi) is 11.0. The summed E-state index contributed by atoms with van der Waals surface area (Å²) in [6.07, 6.45) is 3.09. The van der Waals surface area contributed by atoms with Crippen molar-refractivity contribution in [2.75, 3.05) is 13.2 Å². The maximum atomic E-state index is 12.2. The van der Waals surface area contributed by atoms with E-state index in [-0.39, 0.29) is 36.9 Å². The van der Waals surface area contributed by atoms with Crippen LogP contribution in [0.3, 0.4) is 0 Å². The zero-order valence-electron chi connectivity index (χ0n) is 24.0. The van der Waals surface area contributed by atoms with Crippen molar-refractivity contribution >= 4 is 24.2 Å². The number of carbonyl (C=O) groups excluding carboxylic acids is 2. The minimum atomic E-state index is -0.348. The molecule has 0 saturated heterocycles. The van der Waals surface area contributed by atoms with Gasteiger partial charge in [0.15, 0.2) is 13.2 Å². The molecule has 0 aliphatic carbocycles. The number of hydrogen-bond donors (Lipinski definition) is 2. The molecular weight excluding hydrogens is 504 g/mol. The molecule has 0 saturated carbocycles. The Morgan fingerprint density at radius 2 is 1.05 bits per heavy atom. The molecule has 0 unspecified atom stereocenters. The average Bonchev–Trinajstić information content (AvgIpc) is 2.91. The summed E-state index contributed by atoms with van der Waals surface area (Å²) in [4.78, 5) is 24.4. The summed E-state index contributed by atoms with van der Waals surface area (Å²) >= 11 is 0. The van der Waals surface area contributed by atoms with Crippen LogP contribution in [0.5, 0.6) is 11.5 Å². The molecule has 40 heavy (non-hydrogen) atoms. The van der Waals surface area contributed by atoms with Gasteiger partial charge in [0.2, 0.25) is 0 Å². The monoisotopic (exact) mass is 542 g/mol. The van der Waals surface area contributed by atoms with Crippen LogP contribution in [0.4, 0.5) is 0 Å². The van der Waals surface area contributed by atoms with Crippen LogP contribution in [0, 0.1) is 13.8 Å². The fourth-order valence-corrected chi connectivity index (χ4v) is 3.86. The first-order chi connectivity index (χ1) is 19.1. The lowest BCUT2D eigenvalue weighted by Crippen LogP contribution is -2.25. The SMILES string of the molecule is Cc1ccc(C(C)C)c(OCC(=O)NN=Cc2ccc(C=NNC(=O)COc3cc(C)ccc3C(C)C)cc2)c1. The molecule has 0 spiro atoms. The topological polar surface area (TPSA) is 101 Å². The van der Waals surface area contributed by atoms with Crippen molar-refractivity contribution in [1.82, 2.24) is 10.9 Å². The van der Waals surface area contributed by atoms with Gasteiger partial charge in [-0.2, -0.15) is 10.2 Å². The maximum Gasteiger partial charge on any atom is 0.277 e. The van der Waals surface area contributed by atoms with E-state index in [0.29, 0.717) is 11.5 Å². The highest BCUT2D eigenvalue weighted by atomic mass is 16.5. The lowest BCUT2D eigenvalue weighted by molar-refractivity contribution is -0.123. The van der Waals surface area contributed by atoms with Crippen molar-refractivity contribution in [3.8, 4) is 11.5 Å². The maximum absolute atomic E-state index is 12.2. The van der Waals surface area contributed by atoms with Crippen LogP contribution in [-0.2, 0) is 9.59 Å². The highest BCUT2D eigenvalue weighted by Crippen LogP contribution is 2.28. The Morgan fingerprint density at radius 3 is 1.40 bits per heavy atom. The Labute approximate surface area is 236 Å². The van der Waals surface area contributed by atoms with Crippen LogP contribution in [0.2, 0.25) is 0 Å². The van der Waals surface area contributed by atoms with Crippen molar-refractivity contribution in [1.29, 1.82) is 0 Å². The van der Waals surface area contributed by atoms with Gasteiger partial charge in [0.1, 0.15) is 11.5 Å². The predicted molar refractivity (Wildman–Crippen MR) is 159 cm³/mol. The van der Waals surface area contributed by atoms with Crippen LogP contribution in [0.1, 0.15) is 72.9 Å². The minimum Gasteiger partial charge on any atom is -0.483 e. The number of nitrogens with one attached hydrogen (secondary N) is 2. The molecular formula is C32H38N4O4. The summed E-state index contributed by atoms with van der Waals surface area (Å²) in [5, 5.41) is 8.01. The quantitative estimate of drug-likeness (QED) is 0.229. The van der Waals surface area contributed by atoms with Crippen LogP contribution in [0.15, 0.2) is 70.9 Å². The Balaban J connectivity index is 1.43. The molecule has 0 aromatic heterocycles. The number of hydrogen-bond acceptors (Lipinski definition) is 6. The van der Waals surface area contributed by atoms with Crippen molar-refractivity contribution in [2.24, 2.45) is 10.2 Å². The van der Waals surface area contributed by atoms with Crippen LogP contribution >= 0.6 is 0 Å². The third-order valence-electron chi connectivity index (χ3n) is 6.04. The first-order valence-corrected chi connectivity index (χ1v) is 13.3. The third-order valence-corrected chi connectivity index (χ3v) is 6.04. The van der Waals surface area contributed by atoms with Crippen molar-refractivity contribution < 1.29 is 19.1 Å². The molecule has 3 aromatic carbocycles. The highest BCUT2D eigenvalue weighted by molar-refractivity contribution is 5.86. The first-order valence-electron chi connectivity index (χ1n) is 13.3. The van der Waals surface area contributed by atoms with E-state index in [1.54, 1.807) is 12.4 Å². The summed E-state index contributed by atoms with van der Waals surface area (Å²) in [6.45, 7) is 12.0. The molecule has 3 aromatic rings. The highest BCUT2D eigenvalue weighted by Gasteiger charge is 2.11. The molecule has 0 aliphatic heterocycles. The van der Waals surface area contributed by atoms with Gasteiger partial charge in [-0.3, -0.25) is 9.59 Å². The zero-order valence-corrected chi connectivity index (χ0v) is 24.0. The molecule has 0 bridgehead atoms. The smallest absolute Gasteiger partial charge is 0.277 e. The van der Waals surface area contributed by atoms with E-state index in [1.165, 1.54) is 0 Å². The van der Waals surface area contributed by atoms with Gasteiger partial charge < -0.3 is 9.47 Å². The third kappa shape index (κ3) is 9.38. The van der Waals surface area contributed by atoms with Crippen molar-refractivity contribution in [3.63, 3.8) is 0 Å². The number of hydrazone groups is 2. The van der Waals surface area contributed by atoms with Crippen LogP contribution < -0.4 is 20.3 Å². The average molecular weight is 543 g/mol. The summed E-state index contributed by atoms with van der Waals surface area (Å²) in [5.74, 6) is 1.30. The second kappa shape index (κ2) is 14.6. The summed E-state index contributed by atoms with van der Waals surface area (Å²) in [6, 6.07) is 19.3. The number of ether oxygens (including phenoxy) is 2. The molecule has 8 nitrogen and oxygen atoms in total.